The van der Waals surface area contributed by atoms with Crippen LogP contribution in [0.15, 0.2) is 96.6 Å². The molecule has 0 fully saturated rings. The summed E-state index contributed by atoms with van der Waals surface area (Å²) in [5.41, 5.74) is 6.90. The van der Waals surface area contributed by atoms with E-state index in [1.165, 1.54) is 22.0 Å². The van der Waals surface area contributed by atoms with Crippen LogP contribution in [0.3, 0.4) is 0 Å². The summed E-state index contributed by atoms with van der Waals surface area (Å²) >= 11 is 12.6. The molecule has 2 aliphatic rings. The van der Waals surface area contributed by atoms with Gasteiger partial charge in [-0.2, -0.15) is 0 Å². The molecule has 218 valence electrons. The molecule has 44 heavy (non-hydrogen) atoms. The Kier molecular flexibility index (Phi) is 6.56. The molecule has 0 unspecified atom stereocenters. The number of carbonyl (C=O) groups is 2. The van der Waals surface area contributed by atoms with Crippen LogP contribution in [0.2, 0.25) is 29.7 Å². The first-order valence-corrected chi connectivity index (χ1v) is 19.0. The number of hydrogen-bond donors (Lipinski definition) is 0. The molecular weight excluding hydrogens is 601 g/mol. The van der Waals surface area contributed by atoms with Gasteiger partial charge in [-0.3, -0.25) is 9.59 Å². The number of allylic oxidation sites excluding steroid dienone is 1. The molecule has 0 saturated heterocycles. The van der Waals surface area contributed by atoms with Gasteiger partial charge >= 0.3 is 0 Å². The Hall–Kier alpha value is -3.96. The summed E-state index contributed by atoms with van der Waals surface area (Å²) < 4.78 is 0. The minimum Gasteiger partial charge on any atom is -0.310 e. The summed E-state index contributed by atoms with van der Waals surface area (Å²) in [7, 11) is -1.44. The number of ketones is 2. The smallest absolute Gasteiger partial charge is 0.199 e. The number of fused-ring (bicyclic) bond motifs is 5. The highest BCUT2D eigenvalue weighted by Crippen LogP contribution is 2.53. The summed E-state index contributed by atoms with van der Waals surface area (Å²) in [6, 6.07) is 31.3. The van der Waals surface area contributed by atoms with Gasteiger partial charge in [-0.05, 0) is 76.0 Å². The lowest BCUT2D eigenvalue weighted by Crippen LogP contribution is -2.37. The van der Waals surface area contributed by atoms with Crippen molar-refractivity contribution in [1.82, 2.24) is 0 Å². The highest BCUT2D eigenvalue weighted by atomic mass is 35.5. The van der Waals surface area contributed by atoms with Crippen molar-refractivity contribution in [3.63, 3.8) is 0 Å². The molecule has 0 bridgehead atoms. The maximum atomic E-state index is 13.3. The van der Waals surface area contributed by atoms with Crippen molar-refractivity contribution in [2.75, 3.05) is 4.90 Å². The fourth-order valence-corrected chi connectivity index (χ4v) is 8.44. The second-order valence-corrected chi connectivity index (χ2v) is 19.1. The number of hydrogen-bond acceptors (Lipinski definition) is 3. The van der Waals surface area contributed by atoms with E-state index in [4.69, 9.17) is 23.2 Å². The van der Waals surface area contributed by atoms with Crippen molar-refractivity contribution in [2.24, 2.45) is 0 Å². The first kappa shape index (κ1) is 28.8. The molecule has 0 radical (unpaired) electrons. The van der Waals surface area contributed by atoms with Crippen LogP contribution >= 0.6 is 23.2 Å². The van der Waals surface area contributed by atoms with Gasteiger partial charge in [-0.15, -0.1) is 0 Å². The lowest BCUT2D eigenvalue weighted by Gasteiger charge is -2.42. The molecule has 0 aromatic heterocycles. The van der Waals surface area contributed by atoms with E-state index in [-0.39, 0.29) is 32.2 Å². The quantitative estimate of drug-likeness (QED) is 0.113. The van der Waals surface area contributed by atoms with Crippen LogP contribution in [0.4, 0.5) is 17.1 Å². The summed E-state index contributed by atoms with van der Waals surface area (Å²) in [5.74, 6) is -0.784. The third-order valence-corrected chi connectivity index (χ3v) is 11.8. The second-order valence-electron chi connectivity index (χ2n) is 13.2. The molecule has 0 N–H and O–H groups in total. The highest BCUT2D eigenvalue weighted by molar-refractivity contribution is 6.88. The van der Waals surface area contributed by atoms with Gasteiger partial charge in [-0.25, -0.2) is 0 Å². The van der Waals surface area contributed by atoms with Crippen molar-refractivity contribution < 1.29 is 9.59 Å². The van der Waals surface area contributed by atoms with Gasteiger partial charge < -0.3 is 4.90 Å². The van der Waals surface area contributed by atoms with Gasteiger partial charge in [0.05, 0.1) is 46.2 Å². The van der Waals surface area contributed by atoms with Crippen LogP contribution in [0.5, 0.6) is 0 Å². The Bertz CT molecular complexity index is 2040. The number of rotatable bonds is 3. The monoisotopic (exact) mass is 631 g/mol. The Morgan fingerprint density at radius 3 is 2.00 bits per heavy atom. The fourth-order valence-electron chi connectivity index (χ4n) is 6.79. The topological polar surface area (TPSA) is 37.4 Å². The highest BCUT2D eigenvalue weighted by Gasteiger charge is 2.39. The molecule has 0 atom stereocenters. The van der Waals surface area contributed by atoms with Gasteiger partial charge in [0, 0.05) is 11.1 Å². The number of nitrogens with zero attached hydrogens (tertiary/aromatic N) is 1. The second kappa shape index (κ2) is 10.0. The van der Waals surface area contributed by atoms with E-state index < -0.39 is 19.6 Å². The average molecular weight is 633 g/mol. The van der Waals surface area contributed by atoms with Gasteiger partial charge in [0.1, 0.15) is 0 Å². The van der Waals surface area contributed by atoms with Crippen LogP contribution in [0, 0.1) is 0 Å². The maximum absolute atomic E-state index is 13.3. The Morgan fingerprint density at radius 1 is 0.727 bits per heavy atom. The van der Waals surface area contributed by atoms with Crippen LogP contribution < -0.4 is 10.1 Å². The molecule has 1 aliphatic heterocycles. The predicted molar refractivity (Wildman–Crippen MR) is 187 cm³/mol. The minimum absolute atomic E-state index is 0.0782. The molecule has 3 nitrogen and oxygen atoms in total. The molecule has 1 aliphatic carbocycles. The van der Waals surface area contributed by atoms with E-state index in [2.05, 4.69) is 105 Å². The third kappa shape index (κ3) is 4.31. The van der Waals surface area contributed by atoms with Gasteiger partial charge in [0.25, 0.3) is 0 Å². The molecule has 5 aromatic rings. The maximum Gasteiger partial charge on any atom is 0.199 e. The zero-order valence-electron chi connectivity index (χ0n) is 25.3. The number of Topliss-reactive ketones (excluding diaryl/α,β-unsaturated/α-hetero) is 2. The Morgan fingerprint density at radius 2 is 1.36 bits per heavy atom. The lowest BCUT2D eigenvalue weighted by atomic mass is 9.71. The van der Waals surface area contributed by atoms with E-state index in [1.54, 1.807) is 18.2 Å². The SMILES string of the molecule is CC1(C)c2ccccc2N(c2ccc([Si](C)(C)C)cc2)c2ccc3cc(C=C4C(=O)c5c(Cl)ccc(Cl)c5C4=O)ccc3c21. The summed E-state index contributed by atoms with van der Waals surface area (Å²) in [4.78, 5) is 28.9. The average Bonchev–Trinajstić information content (AvgIpc) is 3.24. The fraction of sp³-hybridized carbons (Fsp3) is 0.158. The molecule has 1 heterocycles. The van der Waals surface area contributed by atoms with Crippen molar-refractivity contribution in [1.29, 1.82) is 0 Å². The van der Waals surface area contributed by atoms with E-state index in [1.807, 2.05) is 12.1 Å². The van der Waals surface area contributed by atoms with E-state index in [9.17, 15) is 9.59 Å². The Balaban J connectivity index is 1.37. The summed E-state index contributed by atoms with van der Waals surface area (Å²) in [5, 5.41) is 4.06. The van der Waals surface area contributed by atoms with Crippen LogP contribution in [-0.2, 0) is 5.41 Å². The largest absolute Gasteiger partial charge is 0.310 e. The predicted octanol–water partition coefficient (Wildman–Crippen LogP) is 10.3. The molecule has 0 amide bonds. The normalized spacial score (nSPS) is 15.3. The Labute approximate surface area is 268 Å². The number of para-hydroxylation sites is 1. The van der Waals surface area contributed by atoms with Crippen LogP contribution in [0.25, 0.3) is 16.8 Å². The summed E-state index contributed by atoms with van der Waals surface area (Å²) in [6.45, 7) is 11.7. The van der Waals surface area contributed by atoms with Crippen molar-refractivity contribution in [2.45, 2.75) is 38.9 Å². The molecule has 6 heteroatoms. The summed E-state index contributed by atoms with van der Waals surface area (Å²) in [6.07, 6.45) is 1.66. The van der Waals surface area contributed by atoms with Crippen molar-refractivity contribution in [3.05, 3.63) is 134 Å². The van der Waals surface area contributed by atoms with E-state index in [0.29, 0.717) is 0 Å². The third-order valence-electron chi connectivity index (χ3n) is 9.06. The van der Waals surface area contributed by atoms with Crippen molar-refractivity contribution in [3.8, 4) is 0 Å². The first-order chi connectivity index (χ1) is 20.9. The van der Waals surface area contributed by atoms with E-state index in [0.717, 1.165) is 27.7 Å². The first-order valence-electron chi connectivity index (χ1n) is 14.7. The standard InChI is InChI=1S/C38H31Cl2NO2Si/c1-38(2)28-8-6-7-9-31(28)41(24-12-14-25(15-13-24)44(3,4)5)32-19-11-23-20-22(10-16-26(23)35(32)38)21-27-36(42)33-29(39)17-18-30(40)34(33)37(27)43/h6-21H,1-5H3. The molecule has 5 aromatic carbocycles. The van der Waals surface area contributed by atoms with Crippen LogP contribution in [-0.4, -0.2) is 19.6 Å². The molecule has 0 spiro atoms. The van der Waals surface area contributed by atoms with Crippen molar-refractivity contribution >= 4 is 81.9 Å². The zero-order valence-corrected chi connectivity index (χ0v) is 27.8. The minimum atomic E-state index is -1.44. The van der Waals surface area contributed by atoms with Gasteiger partial charge in [0.15, 0.2) is 11.6 Å². The zero-order chi connectivity index (χ0) is 31.1. The van der Waals surface area contributed by atoms with Gasteiger partial charge in [-0.1, -0.05) is 110 Å². The number of carbonyl (C=O) groups excluding carboxylic acids is 2. The lowest BCUT2D eigenvalue weighted by molar-refractivity contribution is 0.0990. The van der Waals surface area contributed by atoms with Crippen LogP contribution in [0.1, 0.15) is 51.3 Å². The van der Waals surface area contributed by atoms with Gasteiger partial charge in [0.2, 0.25) is 0 Å². The molecule has 7 rings (SSSR count). The number of anilines is 3. The molecule has 0 saturated carbocycles. The number of halogens is 2. The number of benzene rings is 5. The molecular formula is C38H31Cl2NO2Si. The van der Waals surface area contributed by atoms with E-state index >= 15 is 0 Å².